The van der Waals surface area contributed by atoms with Crippen LogP contribution in [0, 0.1) is 6.92 Å². The number of ether oxygens (including phenoxy) is 1. The average molecular weight is 478 g/mol. The van der Waals surface area contributed by atoms with Crippen LogP contribution in [0.1, 0.15) is 30.6 Å². The van der Waals surface area contributed by atoms with E-state index in [2.05, 4.69) is 10.3 Å². The van der Waals surface area contributed by atoms with Crippen molar-refractivity contribution in [1.29, 1.82) is 0 Å². The molecule has 0 saturated carbocycles. The van der Waals surface area contributed by atoms with Gasteiger partial charge in [-0.05, 0) is 32.3 Å². The third-order valence-corrected chi connectivity index (χ3v) is 4.36. The van der Waals surface area contributed by atoms with E-state index in [4.69, 9.17) is 9.15 Å². The van der Waals surface area contributed by atoms with Gasteiger partial charge in [-0.25, -0.2) is 4.99 Å². The van der Waals surface area contributed by atoms with Gasteiger partial charge >= 0.3 is 0 Å². The van der Waals surface area contributed by atoms with E-state index in [1.807, 2.05) is 24.9 Å². The lowest BCUT2D eigenvalue weighted by molar-refractivity contribution is -0.127. The number of hydrogen-bond donors (Lipinski definition) is 1. The van der Waals surface area contributed by atoms with Gasteiger partial charge < -0.3 is 24.3 Å². The van der Waals surface area contributed by atoms with Gasteiger partial charge in [-0.3, -0.25) is 4.79 Å². The average Bonchev–Trinajstić information content (AvgIpc) is 3.00. The van der Waals surface area contributed by atoms with E-state index in [0.29, 0.717) is 19.0 Å². The Hall–Kier alpha value is -1.29. The topological polar surface area (TPSA) is 70.3 Å². The zero-order chi connectivity index (χ0) is 18.2. The molecule has 1 aromatic heterocycles. The molecule has 1 aromatic rings. The molecule has 2 rings (SSSR count). The zero-order valence-corrected chi connectivity index (χ0v) is 18.5. The molecule has 0 bridgehead atoms. The first kappa shape index (κ1) is 22.8. The van der Waals surface area contributed by atoms with Gasteiger partial charge in [0.05, 0.1) is 12.4 Å². The van der Waals surface area contributed by atoms with Crippen LogP contribution in [0.3, 0.4) is 0 Å². The van der Waals surface area contributed by atoms with Crippen LogP contribution < -0.4 is 5.32 Å². The van der Waals surface area contributed by atoms with Gasteiger partial charge in [0.1, 0.15) is 12.3 Å². The number of halogens is 1. The van der Waals surface area contributed by atoms with E-state index in [0.717, 1.165) is 30.8 Å². The van der Waals surface area contributed by atoms with Crippen molar-refractivity contribution in [2.75, 3.05) is 40.8 Å². The summed E-state index contributed by atoms with van der Waals surface area (Å²) < 4.78 is 11.1. The number of hydrogen-bond acceptors (Lipinski definition) is 4. The normalized spacial score (nSPS) is 17.4. The molecule has 2 heterocycles. The van der Waals surface area contributed by atoms with Crippen molar-refractivity contribution in [1.82, 2.24) is 15.1 Å². The Kier molecular flexibility index (Phi) is 10.0. The Morgan fingerprint density at radius 2 is 2.12 bits per heavy atom. The number of furan rings is 1. The second kappa shape index (κ2) is 11.4. The van der Waals surface area contributed by atoms with Crippen LogP contribution in [-0.4, -0.2) is 68.6 Å². The van der Waals surface area contributed by atoms with Gasteiger partial charge in [0.2, 0.25) is 5.91 Å². The van der Waals surface area contributed by atoms with Gasteiger partial charge in [0.25, 0.3) is 0 Å². The second-order valence-electron chi connectivity index (χ2n) is 6.66. The minimum absolute atomic E-state index is 0. The fraction of sp³-hybridized carbons (Fsp3) is 0.667. The van der Waals surface area contributed by atoms with Crippen LogP contribution >= 0.6 is 24.0 Å². The van der Waals surface area contributed by atoms with Crippen LogP contribution in [0.15, 0.2) is 21.7 Å². The number of carbonyl (C=O) groups is 1. The number of nitrogens with zero attached hydrogens (tertiary/aromatic N) is 3. The van der Waals surface area contributed by atoms with Crippen LogP contribution in [-0.2, 0) is 16.1 Å². The highest BCUT2D eigenvalue weighted by Crippen LogP contribution is 2.13. The number of aliphatic imine (C=N–C) groups is 1. The van der Waals surface area contributed by atoms with Gasteiger partial charge in [0.15, 0.2) is 5.96 Å². The number of aryl methyl sites for hydroxylation is 1. The Labute approximate surface area is 173 Å². The summed E-state index contributed by atoms with van der Waals surface area (Å²) in [5.74, 6) is 1.57. The van der Waals surface area contributed by atoms with Crippen molar-refractivity contribution in [3.8, 4) is 0 Å². The van der Waals surface area contributed by atoms with Crippen LogP contribution in [0.4, 0.5) is 0 Å². The maximum Gasteiger partial charge on any atom is 0.243 e. The van der Waals surface area contributed by atoms with E-state index < -0.39 is 0 Å². The lowest BCUT2D eigenvalue weighted by Crippen LogP contribution is -2.43. The van der Waals surface area contributed by atoms with Crippen molar-refractivity contribution in [3.63, 3.8) is 0 Å². The summed E-state index contributed by atoms with van der Waals surface area (Å²) in [6.07, 6.45) is 5.28. The van der Waals surface area contributed by atoms with Crippen LogP contribution in [0.5, 0.6) is 0 Å². The van der Waals surface area contributed by atoms with E-state index >= 15 is 0 Å². The van der Waals surface area contributed by atoms with Gasteiger partial charge in [-0.1, -0.05) is 0 Å². The Balaban J connectivity index is 0.00000338. The second-order valence-corrected chi connectivity index (χ2v) is 6.66. The molecule has 1 N–H and O–H groups in total. The predicted octanol–water partition coefficient (Wildman–Crippen LogP) is 2.24. The van der Waals surface area contributed by atoms with E-state index in [9.17, 15) is 4.79 Å². The highest BCUT2D eigenvalue weighted by Gasteiger charge is 2.17. The van der Waals surface area contributed by atoms with E-state index in [1.54, 1.807) is 25.3 Å². The van der Waals surface area contributed by atoms with Crippen molar-refractivity contribution in [2.45, 2.75) is 38.8 Å². The quantitative estimate of drug-likeness (QED) is 0.386. The summed E-state index contributed by atoms with van der Waals surface area (Å²) in [4.78, 5) is 19.9. The molecule has 7 nitrogen and oxygen atoms in total. The minimum atomic E-state index is -0.0268. The highest BCUT2D eigenvalue weighted by atomic mass is 127. The van der Waals surface area contributed by atoms with E-state index in [-0.39, 0.29) is 42.5 Å². The predicted molar refractivity (Wildman–Crippen MR) is 113 cm³/mol. The summed E-state index contributed by atoms with van der Waals surface area (Å²) in [5.41, 5.74) is 1.10. The van der Waals surface area contributed by atoms with Crippen molar-refractivity contribution in [3.05, 3.63) is 23.7 Å². The molecule has 0 spiro atoms. The SMILES string of the molecule is Cc1occc1CN(C)C(=NCC(=O)N(C)C)NCC1CCCCO1.I. The summed E-state index contributed by atoms with van der Waals surface area (Å²) in [6.45, 7) is 4.25. The maximum atomic E-state index is 11.9. The molecule has 1 fully saturated rings. The number of nitrogens with one attached hydrogen (secondary N) is 1. The Morgan fingerprint density at radius 3 is 2.69 bits per heavy atom. The van der Waals surface area contributed by atoms with Gasteiger partial charge in [-0.2, -0.15) is 0 Å². The van der Waals surface area contributed by atoms with Gasteiger partial charge in [0, 0.05) is 46.4 Å². The summed E-state index contributed by atoms with van der Waals surface area (Å²) >= 11 is 0. The van der Waals surface area contributed by atoms with Gasteiger partial charge in [-0.15, -0.1) is 24.0 Å². The third-order valence-electron chi connectivity index (χ3n) is 4.36. The smallest absolute Gasteiger partial charge is 0.243 e. The molecule has 8 heteroatoms. The molecule has 148 valence electrons. The molecule has 26 heavy (non-hydrogen) atoms. The van der Waals surface area contributed by atoms with Crippen molar-refractivity contribution < 1.29 is 13.9 Å². The molecule has 0 aromatic carbocycles. The molecule has 1 aliphatic heterocycles. The zero-order valence-electron chi connectivity index (χ0n) is 16.2. The Morgan fingerprint density at radius 1 is 1.35 bits per heavy atom. The molecule has 1 atom stereocenters. The molecular formula is C18H31IN4O3. The van der Waals surface area contributed by atoms with E-state index in [1.165, 1.54) is 6.42 Å². The largest absolute Gasteiger partial charge is 0.469 e. The first-order valence-corrected chi connectivity index (χ1v) is 8.81. The monoisotopic (exact) mass is 478 g/mol. The number of rotatable bonds is 6. The summed E-state index contributed by atoms with van der Waals surface area (Å²) in [5, 5.41) is 3.36. The molecule has 0 radical (unpaired) electrons. The van der Waals surface area contributed by atoms with Crippen molar-refractivity contribution >= 4 is 35.8 Å². The summed E-state index contributed by atoms with van der Waals surface area (Å²) in [7, 11) is 5.43. The molecule has 0 aliphatic carbocycles. The summed E-state index contributed by atoms with van der Waals surface area (Å²) in [6, 6.07) is 1.96. The van der Waals surface area contributed by atoms with Crippen LogP contribution in [0.2, 0.25) is 0 Å². The standard InChI is InChI=1S/C18H30N4O3.HI/c1-14-15(8-10-24-14)13-22(4)18(20-12-17(23)21(2)3)19-11-16-7-5-6-9-25-16;/h8,10,16H,5-7,9,11-13H2,1-4H3,(H,19,20);1H. The lowest BCUT2D eigenvalue weighted by atomic mass is 10.1. The minimum Gasteiger partial charge on any atom is -0.469 e. The number of carbonyl (C=O) groups excluding carboxylic acids is 1. The molecule has 1 amide bonds. The molecule has 1 aliphatic rings. The van der Waals surface area contributed by atoms with Crippen molar-refractivity contribution in [2.24, 2.45) is 4.99 Å². The molecule has 1 saturated heterocycles. The number of likely N-dealkylation sites (N-methyl/N-ethyl adjacent to an activating group) is 1. The Bertz CT molecular complexity index is 583. The number of amides is 1. The molecule has 1 unspecified atom stereocenters. The first-order valence-electron chi connectivity index (χ1n) is 8.81. The fourth-order valence-corrected chi connectivity index (χ4v) is 2.67. The fourth-order valence-electron chi connectivity index (χ4n) is 2.67. The van der Waals surface area contributed by atoms with Crippen LogP contribution in [0.25, 0.3) is 0 Å². The highest BCUT2D eigenvalue weighted by molar-refractivity contribution is 14.0. The third kappa shape index (κ3) is 7.14. The first-order chi connectivity index (χ1) is 12.0. The molecular weight excluding hydrogens is 447 g/mol. The lowest BCUT2D eigenvalue weighted by Gasteiger charge is -2.27. The maximum absolute atomic E-state index is 11.9. The number of guanidine groups is 1.